The molecule has 10 nitrogen and oxygen atoms in total. The summed E-state index contributed by atoms with van der Waals surface area (Å²) < 4.78 is 733. The second-order valence-electron chi connectivity index (χ2n) is 26.9. The zero-order valence-electron chi connectivity index (χ0n) is 60.1. The summed E-state index contributed by atoms with van der Waals surface area (Å²) >= 11 is 0. The Morgan fingerprint density at radius 3 is 0.774 bits per heavy atom. The van der Waals surface area contributed by atoms with Crippen molar-refractivity contribution >= 4 is 45.9 Å². The van der Waals surface area contributed by atoms with Crippen LogP contribution in [0.5, 0.6) is 0 Å². The van der Waals surface area contributed by atoms with Gasteiger partial charge in [0.15, 0.2) is 0 Å². The molecule has 2 unspecified atom stereocenters. The third kappa shape index (κ3) is 16.6. The Bertz CT molecular complexity index is 4430. The van der Waals surface area contributed by atoms with E-state index in [9.17, 15) is 152 Å². The minimum Gasteiger partial charge on any atom is -0.478 e. The number of aromatic carboxylic acids is 2. The fourth-order valence-electron chi connectivity index (χ4n) is 11.0. The lowest BCUT2D eigenvalue weighted by atomic mass is 9.82. The van der Waals surface area contributed by atoms with E-state index >= 15 is 96.6 Å². The molecule has 60 heteroatoms. The van der Waals surface area contributed by atoms with Crippen LogP contribution in [0.25, 0.3) is 10.8 Å². The lowest BCUT2D eigenvalue weighted by Crippen LogP contribution is -2.70. The maximum absolute atomic E-state index is 16.2. The number of unbranched alkanes of at least 4 members (excludes halogenated alkanes) is 4. The van der Waals surface area contributed by atoms with E-state index in [1.54, 1.807) is 0 Å². The Kier molecular flexibility index (Phi) is 28.4. The number of fused-ring (bicyclic) bond motifs is 1. The van der Waals surface area contributed by atoms with Gasteiger partial charge >= 0.3 is 143 Å². The van der Waals surface area contributed by atoms with Crippen molar-refractivity contribution in [3.05, 3.63) is 104 Å². The highest BCUT2D eigenvalue weighted by atomic mass is 19.5. The van der Waals surface area contributed by atoms with E-state index in [-0.39, 0.29) is 44.2 Å². The zero-order valence-corrected chi connectivity index (χ0v) is 60.1. The van der Waals surface area contributed by atoms with Crippen LogP contribution in [0.3, 0.4) is 0 Å². The monoisotopic (exact) mass is 1920 g/mol. The Balaban J connectivity index is 2.35. The fourth-order valence-corrected chi connectivity index (χ4v) is 11.0. The SMILES string of the molecule is CCCCCNc1cc(C(=O)O)c2c(C(=O)NCc3cc(C(F)(F)C(F)(F)C(F)(F)C(C)(F)C(F)(F)C(F)(F)F)cc(C(F)(F)C(F)(F)C(F)(F)C(F)(F)C(F)(F)C(F)(F)F)c3)c(NCCCCC)cc(C(=O)NCc3cc(C(F)(F)C(F)(F)C(F)(F)C(C)(F)C(F)(F)C(F)(F)F)cc(C(F)(F)C(F)(F)C(F)(F)C(F)(F)C(F)(F)C(F)(F)F)c3)c2c1C(=O)O. The third-order valence-corrected chi connectivity index (χ3v) is 18.4. The average Bonchev–Trinajstić information content (AvgIpc) is 0.708. The van der Waals surface area contributed by atoms with Gasteiger partial charge in [-0.1, -0.05) is 39.5 Å². The predicted octanol–water partition coefficient (Wildman–Crippen LogP) is 24.3. The normalized spacial score (nSPS) is 15.8. The molecule has 2 amide bonds. The summed E-state index contributed by atoms with van der Waals surface area (Å²) in [7, 11) is 0. The van der Waals surface area contributed by atoms with Crippen molar-refractivity contribution in [2.45, 2.75) is 222 Å². The highest BCUT2D eigenvalue weighted by molar-refractivity contribution is 6.27. The van der Waals surface area contributed by atoms with Gasteiger partial charge in [0.2, 0.25) is 11.3 Å². The number of alkyl halides is 50. The number of anilines is 2. The predicted molar refractivity (Wildman–Crippen MR) is 317 cm³/mol. The molecule has 6 N–H and O–H groups in total. The van der Waals surface area contributed by atoms with E-state index in [1.165, 1.54) is 13.8 Å². The maximum Gasteiger partial charge on any atom is 0.460 e. The molecule has 4 aromatic rings. The molecule has 0 spiro atoms. The Hall–Kier alpha value is -8.88. The highest BCUT2D eigenvalue weighted by Crippen LogP contribution is 2.68. The van der Waals surface area contributed by atoms with E-state index in [0.717, 1.165) is 10.6 Å². The summed E-state index contributed by atoms with van der Waals surface area (Å²) in [6.45, 7) is -8.47. The van der Waals surface area contributed by atoms with Gasteiger partial charge in [0.1, 0.15) is 0 Å². The number of nitrogens with one attached hydrogen (secondary N) is 4. The van der Waals surface area contributed by atoms with Crippen molar-refractivity contribution in [2.24, 2.45) is 0 Å². The van der Waals surface area contributed by atoms with Crippen LogP contribution < -0.4 is 21.3 Å². The topological polar surface area (TPSA) is 157 Å². The standard InChI is InChI=1S/C64H46F50N4O6/c1-5-7-9-11-115-31-19-29(37(119)117-21-23-13-25(43(67,68)51(83,84)47(75,76)41(3,65)49(79,80)61(103,104)105)17-27(14-23)45(71,72)53(87,88)55(91,92)57(95,96)59(99,100)63(109,110)111)33-34(30(39(121)122)20-32(36(33)40(123)124)116-12-10-8-6-2)35(31)38(120)118-22-24-15-26(44(69,70)52(85,86)48(77,78)42(4,66)50(81,82)62(106,107)108)18-28(16-24)46(73,74)54(89,90)56(93,94)58(97,98)60(101,102)64(112,113)114/h13-20,115-116H,5-12,21-22H2,1-4H3,(H,117,119)(H,118,120)(H,121,122)(H,123,124). The number of benzene rings is 4. The molecule has 0 bridgehead atoms. The number of carboxylic acids is 2. The van der Waals surface area contributed by atoms with Crippen molar-refractivity contribution in [1.82, 2.24) is 10.6 Å². The first-order valence-corrected chi connectivity index (χ1v) is 32.6. The molecular weight excluding hydrogens is 1870 g/mol. The quantitative estimate of drug-likeness (QED) is 0.0191. The Morgan fingerprint density at radius 1 is 0.274 bits per heavy atom. The molecule has 124 heavy (non-hydrogen) atoms. The molecule has 2 atom stereocenters. The van der Waals surface area contributed by atoms with Gasteiger partial charge in [0.05, 0.1) is 27.9 Å². The van der Waals surface area contributed by atoms with E-state index in [0.29, 0.717) is 0 Å². The first kappa shape index (κ1) is 107. The van der Waals surface area contributed by atoms with Crippen LogP contribution in [-0.2, 0) is 36.8 Å². The molecule has 0 heterocycles. The summed E-state index contributed by atoms with van der Waals surface area (Å²) in [6, 6.07) is -10.2. The number of carboxylic acid groups (broad SMARTS) is 2. The lowest BCUT2D eigenvalue weighted by Gasteiger charge is -2.42. The van der Waals surface area contributed by atoms with Gasteiger partial charge in [-0.3, -0.25) is 9.59 Å². The first-order valence-electron chi connectivity index (χ1n) is 32.6. The molecular formula is C64H46F50N4O6. The molecule has 4 rings (SSSR count). The molecule has 0 aliphatic rings. The molecule has 0 aliphatic carbocycles. The second kappa shape index (κ2) is 32.8. The fraction of sp³-hybridized carbons (Fsp3) is 0.594. The average molecular weight is 1920 g/mol. The van der Waals surface area contributed by atoms with Crippen molar-refractivity contribution < 1.29 is 249 Å². The summed E-state index contributed by atoms with van der Waals surface area (Å²) in [5.41, 5.74) is -47.4. The van der Waals surface area contributed by atoms with Gasteiger partial charge in [-0.05, 0) is 86.3 Å². The minimum absolute atomic E-state index is 0.00265. The van der Waals surface area contributed by atoms with Crippen LogP contribution in [0, 0.1) is 0 Å². The molecule has 708 valence electrons. The second-order valence-corrected chi connectivity index (χ2v) is 26.9. The van der Waals surface area contributed by atoms with Gasteiger partial charge in [-0.15, -0.1) is 0 Å². The van der Waals surface area contributed by atoms with E-state index < -0.39 is 327 Å². The third-order valence-electron chi connectivity index (χ3n) is 18.4. The van der Waals surface area contributed by atoms with E-state index in [4.69, 9.17) is 0 Å². The molecule has 0 saturated carbocycles. The van der Waals surface area contributed by atoms with E-state index in [1.807, 2.05) is 5.32 Å². The van der Waals surface area contributed by atoms with Crippen LogP contribution in [0.4, 0.5) is 231 Å². The zero-order chi connectivity index (χ0) is 97.9. The molecule has 0 aromatic heterocycles. The smallest absolute Gasteiger partial charge is 0.460 e. The van der Waals surface area contributed by atoms with Gasteiger partial charge in [-0.25, -0.2) is 18.4 Å². The first-order chi connectivity index (χ1) is 54.7. The van der Waals surface area contributed by atoms with Gasteiger partial charge in [-0.2, -0.15) is 211 Å². The number of carbonyl (C=O) groups is 4. The van der Waals surface area contributed by atoms with Crippen LogP contribution in [0.1, 0.15) is 141 Å². The molecule has 0 saturated heterocycles. The number of amides is 2. The summed E-state index contributed by atoms with van der Waals surface area (Å²) in [6.07, 6.45) is -33.3. The van der Waals surface area contributed by atoms with Crippen LogP contribution in [0.15, 0.2) is 48.5 Å². The summed E-state index contributed by atoms with van der Waals surface area (Å²) in [4.78, 5) is 56.6. The van der Waals surface area contributed by atoms with Crippen LogP contribution >= 0.6 is 0 Å². The van der Waals surface area contributed by atoms with Crippen molar-refractivity contribution in [1.29, 1.82) is 0 Å². The van der Waals surface area contributed by atoms with Crippen molar-refractivity contribution in [3.63, 3.8) is 0 Å². The van der Waals surface area contributed by atoms with Gasteiger partial charge < -0.3 is 31.5 Å². The van der Waals surface area contributed by atoms with Crippen LogP contribution in [0.2, 0.25) is 0 Å². The summed E-state index contributed by atoms with van der Waals surface area (Å²) in [5, 5.41) is 23.9. The van der Waals surface area contributed by atoms with Crippen LogP contribution in [-0.4, -0.2) is 166 Å². The van der Waals surface area contributed by atoms with E-state index in [2.05, 4.69) is 5.32 Å². The Morgan fingerprint density at radius 2 is 0.516 bits per heavy atom. The number of hydrogen-bond donors (Lipinski definition) is 6. The Labute approximate surface area is 654 Å². The molecule has 4 aromatic carbocycles. The molecule has 0 radical (unpaired) electrons. The maximum atomic E-state index is 16.2. The van der Waals surface area contributed by atoms with Crippen molar-refractivity contribution in [3.8, 4) is 0 Å². The van der Waals surface area contributed by atoms with Crippen molar-refractivity contribution in [2.75, 3.05) is 23.7 Å². The molecule has 0 fully saturated rings. The highest BCUT2D eigenvalue weighted by Gasteiger charge is 2.94. The largest absolute Gasteiger partial charge is 0.478 e. The molecule has 0 aliphatic heterocycles. The minimum atomic E-state index is -9.14. The van der Waals surface area contributed by atoms with Gasteiger partial charge in [0, 0.05) is 64.9 Å². The number of halogens is 50. The lowest BCUT2D eigenvalue weighted by molar-refractivity contribution is -0.441. The number of rotatable bonds is 38. The number of hydrogen-bond acceptors (Lipinski definition) is 6. The number of carbonyl (C=O) groups excluding carboxylic acids is 2. The van der Waals surface area contributed by atoms with Gasteiger partial charge in [0.25, 0.3) is 11.8 Å². The summed E-state index contributed by atoms with van der Waals surface area (Å²) in [5.74, 6) is -165.